The maximum absolute atomic E-state index is 10.1. The largest absolute Gasteiger partial charge is 0.510 e. The molecule has 0 saturated heterocycles. The Hall–Kier alpha value is -8.67. The number of aromatic nitrogens is 4. The van der Waals surface area contributed by atoms with Crippen LogP contribution in [0.2, 0.25) is 0 Å². The molecule has 0 aliphatic carbocycles. The molecule has 0 saturated carbocycles. The third-order valence-electron chi connectivity index (χ3n) is 14.5. The van der Waals surface area contributed by atoms with Gasteiger partial charge in [0.1, 0.15) is 5.82 Å². The zero-order chi connectivity index (χ0) is 75.4. The number of imidazole rings is 1. The van der Waals surface area contributed by atoms with E-state index in [0.29, 0.717) is 49.8 Å². The number of hydrogen-bond acceptors (Lipinski definition) is 2. The van der Waals surface area contributed by atoms with Crippen molar-refractivity contribution in [2.24, 2.45) is 0 Å². The van der Waals surface area contributed by atoms with Crippen LogP contribution in [0.3, 0.4) is 0 Å². The van der Waals surface area contributed by atoms with E-state index in [1.807, 2.05) is 90.1 Å². The fourth-order valence-electron chi connectivity index (χ4n) is 10.5. The third-order valence-corrected chi connectivity index (χ3v) is 18.7. The standard InChI is InChI=1S/C75H62N4OSi.Pt/c1-52-44-72(76-50-66(52)53-26-12-8-13-27-53)79-67-39-21-20-38-63(67)64-43-42-59(49-70(64)79)80-58-31-25-30-57(48-58)77-51-78(69-41-23-22-40-68(69)77)73-65(54-28-24-29-55(45-54)74(2,3)4)46-56(75(5,6)7)47-71(73)81(60-32-14-9-15-33-60,61-34-16-10-17-35-61)62-36-18-11-19-37-62;/h8-47,50H,1-7H3;/q-2;/i1D3,8D,9D,10D,11D,12D,13D,14D,15D,16D,17D,18D,19D,26D,27D,32D,33D,34D,35D,36D,37D;. The first-order chi connectivity index (χ1) is 48.8. The predicted molar refractivity (Wildman–Crippen MR) is 337 cm³/mol. The molecule has 0 N–H and O–H groups in total. The van der Waals surface area contributed by atoms with Crippen LogP contribution in [0, 0.1) is 25.3 Å². The molecular formula is C75H62N4OPtSi-2. The van der Waals surface area contributed by atoms with E-state index in [4.69, 9.17) is 24.8 Å². The van der Waals surface area contributed by atoms with Crippen LogP contribution in [0.4, 0.5) is 0 Å². The van der Waals surface area contributed by atoms with Crippen LogP contribution in [0.25, 0.3) is 72.3 Å². The topological polar surface area (TPSA) is 35.9 Å². The maximum Gasteiger partial charge on any atom is 0.268 e. The van der Waals surface area contributed by atoms with Gasteiger partial charge in [0, 0.05) is 54.0 Å². The van der Waals surface area contributed by atoms with E-state index < -0.39 is 162 Å². The normalized spacial score (nSPS) is 16.1. The van der Waals surface area contributed by atoms with Gasteiger partial charge in [0.2, 0.25) is 0 Å². The number of hydrogen-bond donors (Lipinski definition) is 0. The second-order valence-corrected chi connectivity index (χ2v) is 25.1. The third kappa shape index (κ3) is 9.64. The predicted octanol–water partition coefficient (Wildman–Crippen LogP) is 15.2. The molecule has 82 heavy (non-hydrogen) atoms. The molecule has 3 aromatic heterocycles. The zero-order valence-electron chi connectivity index (χ0n) is 68.1. The average Bonchev–Trinajstić information content (AvgIpc) is 1.02. The number of ether oxygens (including phenoxy) is 1. The number of fused-ring (bicyclic) bond motifs is 4. The van der Waals surface area contributed by atoms with E-state index >= 15 is 0 Å². The molecule has 0 unspecified atom stereocenters. The Labute approximate surface area is 529 Å². The Morgan fingerprint density at radius 2 is 1.16 bits per heavy atom. The molecule has 0 fully saturated rings. The molecular weight excluding hydrogens is 1200 g/mol. The van der Waals surface area contributed by atoms with Gasteiger partial charge in [-0.05, 0) is 95.0 Å². The molecule has 0 bridgehead atoms. The van der Waals surface area contributed by atoms with Crippen molar-refractivity contribution in [2.75, 3.05) is 0 Å². The summed E-state index contributed by atoms with van der Waals surface area (Å²) in [6.45, 7) is 8.86. The van der Waals surface area contributed by atoms with Crippen molar-refractivity contribution < 1.29 is 61.9 Å². The van der Waals surface area contributed by atoms with Crippen molar-refractivity contribution >= 4 is 61.7 Å². The van der Waals surface area contributed by atoms with Crippen LogP contribution < -0.4 is 30.1 Å². The smallest absolute Gasteiger partial charge is 0.268 e. The van der Waals surface area contributed by atoms with E-state index in [0.717, 1.165) is 10.9 Å². The molecule has 404 valence electrons. The van der Waals surface area contributed by atoms with Crippen LogP contribution in [-0.4, -0.2) is 22.2 Å². The number of pyridine rings is 1. The molecule has 10 aromatic carbocycles. The molecule has 13 rings (SSSR count). The molecule has 3 heterocycles. The van der Waals surface area contributed by atoms with Crippen LogP contribution in [0.5, 0.6) is 11.5 Å². The van der Waals surface area contributed by atoms with Crippen molar-refractivity contribution in [1.82, 2.24) is 14.1 Å². The Morgan fingerprint density at radius 3 is 1.82 bits per heavy atom. The minimum atomic E-state index is -5.92. The molecule has 13 aromatic rings. The Kier molecular flexibility index (Phi) is 8.80. The van der Waals surface area contributed by atoms with Crippen molar-refractivity contribution in [3.63, 3.8) is 0 Å². The van der Waals surface area contributed by atoms with Gasteiger partial charge in [-0.2, -0.15) is 18.2 Å². The van der Waals surface area contributed by atoms with Crippen molar-refractivity contribution in [3.05, 3.63) is 284 Å². The number of benzene rings is 10. The van der Waals surface area contributed by atoms with Crippen LogP contribution >= 0.6 is 0 Å². The fourth-order valence-corrected chi connectivity index (χ4v) is 14.6. The second kappa shape index (κ2) is 21.7. The van der Waals surface area contributed by atoms with Crippen molar-refractivity contribution in [3.8, 4) is 50.9 Å². The van der Waals surface area contributed by atoms with Gasteiger partial charge in [-0.25, -0.2) is 4.98 Å². The van der Waals surface area contributed by atoms with Crippen molar-refractivity contribution in [1.29, 1.82) is 0 Å². The second-order valence-electron chi connectivity index (χ2n) is 21.5. The quantitative estimate of drug-likeness (QED) is 0.0560. The van der Waals surface area contributed by atoms with E-state index in [-0.39, 0.29) is 65.9 Å². The van der Waals surface area contributed by atoms with E-state index in [2.05, 4.69) is 18.5 Å². The van der Waals surface area contributed by atoms with Crippen LogP contribution in [-0.2, 0) is 31.9 Å². The SMILES string of the molecule is [2H]c1c([2H])c([2H])c(-c2cnc(-n3c4[c-]c(Oc5[c-]c(-n6[c-][n+](-c7c(-c8cccc(C(C)(C)C)c8)cc(C(C)(C)C)cc7[Si](c7c([2H])c([2H])c([2H])c([2H])c7[2H])(c7c([2H])c([2H])c([2H])c([2H])c7[2H])c7c([2H])c([2H])c([2H])c([2H])c7[2H])c7ccccc76)ccc5)ccc4c4ccccc43)cc2C([2H])([2H])[2H])c([2H])c1[2H].[Pt]. The Bertz CT molecular complexity index is 5560. The summed E-state index contributed by atoms with van der Waals surface area (Å²) >= 11 is 0. The zero-order valence-corrected chi connectivity index (χ0v) is 48.4. The Balaban J connectivity index is 0.0000104. The van der Waals surface area contributed by atoms with Gasteiger partial charge in [0.05, 0.1) is 44.1 Å². The summed E-state index contributed by atoms with van der Waals surface area (Å²) in [7, 11) is -5.92. The minimum Gasteiger partial charge on any atom is -0.510 e. The van der Waals surface area contributed by atoms with Gasteiger partial charge in [0.25, 0.3) is 6.33 Å². The summed E-state index contributed by atoms with van der Waals surface area (Å²) in [6.07, 6.45) is 4.74. The summed E-state index contributed by atoms with van der Waals surface area (Å²) < 4.78 is 224. The monoisotopic (exact) mass is 1280 g/mol. The fraction of sp³-hybridized carbons (Fsp3) is 0.120. The summed E-state index contributed by atoms with van der Waals surface area (Å²) in [4.78, 5) is 4.70. The molecule has 0 radical (unpaired) electrons. The summed E-state index contributed by atoms with van der Waals surface area (Å²) in [5, 5.41) is -0.720. The van der Waals surface area contributed by atoms with Gasteiger partial charge >= 0.3 is 0 Å². The summed E-state index contributed by atoms with van der Waals surface area (Å²) in [5.74, 6) is 0.382. The average molecular weight is 1280 g/mol. The number of aryl methyl sites for hydroxylation is 1. The Morgan fingerprint density at radius 1 is 0.549 bits per heavy atom. The van der Waals surface area contributed by atoms with E-state index in [1.165, 1.54) is 12.3 Å². The van der Waals surface area contributed by atoms with Gasteiger partial charge < -0.3 is 13.9 Å². The molecule has 0 aliphatic heterocycles. The van der Waals surface area contributed by atoms with E-state index in [1.54, 1.807) is 80.4 Å². The molecule has 7 heteroatoms. The minimum absolute atomic E-state index is 0. The maximum atomic E-state index is 10.1. The molecule has 0 atom stereocenters. The summed E-state index contributed by atoms with van der Waals surface area (Å²) in [6, 6.07) is 25.3. The van der Waals surface area contributed by atoms with Crippen LogP contribution in [0.1, 0.15) is 89.8 Å². The van der Waals surface area contributed by atoms with Gasteiger partial charge in [-0.3, -0.25) is 4.57 Å². The number of para-hydroxylation sites is 3. The van der Waals surface area contributed by atoms with Gasteiger partial charge in [-0.15, -0.1) is 29.7 Å². The molecule has 0 spiro atoms. The van der Waals surface area contributed by atoms with Gasteiger partial charge in [0.15, 0.2) is 8.07 Å². The molecule has 0 amide bonds. The summed E-state index contributed by atoms with van der Waals surface area (Å²) in [5.41, 5.74) is 2.08. The first-order valence-corrected chi connectivity index (χ1v) is 28.1. The van der Waals surface area contributed by atoms with Crippen LogP contribution in [0.15, 0.2) is 248 Å². The molecule has 0 aliphatic rings. The number of nitrogens with zero attached hydrogens (tertiary/aromatic N) is 4. The first kappa shape index (κ1) is 33.3. The van der Waals surface area contributed by atoms with Crippen molar-refractivity contribution in [2.45, 2.75) is 59.2 Å². The number of rotatable bonds is 11. The van der Waals surface area contributed by atoms with E-state index in [9.17, 15) is 16.4 Å². The molecule has 5 nitrogen and oxygen atoms in total. The van der Waals surface area contributed by atoms with Gasteiger partial charge in [-0.1, -0.05) is 247 Å². The first-order valence-electron chi connectivity index (χ1n) is 37.6.